The summed E-state index contributed by atoms with van der Waals surface area (Å²) in [5, 5.41) is 8.86. The number of fused-ring (bicyclic) bond motifs is 1. The number of hydrogen-bond donors (Lipinski definition) is 1. The molecule has 1 saturated heterocycles. The van der Waals surface area contributed by atoms with Crippen LogP contribution in [0.25, 0.3) is 0 Å². The van der Waals surface area contributed by atoms with Gasteiger partial charge in [0.25, 0.3) is 0 Å². The maximum atomic E-state index is 10.8. The summed E-state index contributed by atoms with van der Waals surface area (Å²) in [6.07, 6.45) is 1.04. The Balaban J connectivity index is 1.27. The number of carboxylic acids is 1. The van der Waals surface area contributed by atoms with Gasteiger partial charge in [-0.3, -0.25) is 9.69 Å². The first kappa shape index (κ1) is 18.8. The molecule has 148 valence electrons. The number of para-hydroxylation sites is 1. The third-order valence-corrected chi connectivity index (χ3v) is 5.19. The van der Waals surface area contributed by atoms with E-state index in [2.05, 4.69) is 11.0 Å². The number of morpholine rings is 1. The highest BCUT2D eigenvalue weighted by Gasteiger charge is 2.24. The van der Waals surface area contributed by atoms with Crippen LogP contribution < -0.4 is 9.47 Å². The van der Waals surface area contributed by atoms with Crippen molar-refractivity contribution < 1.29 is 24.1 Å². The molecule has 1 N–H and O–H groups in total. The van der Waals surface area contributed by atoms with Gasteiger partial charge in [-0.1, -0.05) is 30.3 Å². The Morgan fingerprint density at radius 2 is 2.00 bits per heavy atom. The zero-order chi connectivity index (χ0) is 19.3. The normalized spacial score (nSPS) is 21.7. The standard InChI is InChI=1S/C22H25NO5/c24-22(25)9-10-23-11-12-26-21(14-23)16-5-7-18(8-6-16)27-15-19-13-17-3-1-2-4-20(17)28-19/h1-8,19,21H,9-15H2,(H,24,25). The summed E-state index contributed by atoms with van der Waals surface area (Å²) in [5.74, 6) is 0.995. The Labute approximate surface area is 164 Å². The van der Waals surface area contributed by atoms with Crippen LogP contribution in [-0.4, -0.2) is 54.9 Å². The van der Waals surface area contributed by atoms with E-state index in [1.807, 2.05) is 42.5 Å². The van der Waals surface area contributed by atoms with Crippen molar-refractivity contribution in [2.45, 2.75) is 25.0 Å². The summed E-state index contributed by atoms with van der Waals surface area (Å²) in [4.78, 5) is 12.9. The van der Waals surface area contributed by atoms with E-state index >= 15 is 0 Å². The molecule has 28 heavy (non-hydrogen) atoms. The first-order chi connectivity index (χ1) is 13.7. The number of ether oxygens (including phenoxy) is 3. The van der Waals surface area contributed by atoms with Crippen molar-refractivity contribution in [2.75, 3.05) is 32.8 Å². The molecule has 0 aliphatic carbocycles. The molecule has 0 spiro atoms. The molecule has 0 aromatic heterocycles. The Morgan fingerprint density at radius 1 is 1.18 bits per heavy atom. The van der Waals surface area contributed by atoms with Crippen LogP contribution in [0.4, 0.5) is 0 Å². The van der Waals surface area contributed by atoms with Crippen molar-refractivity contribution in [2.24, 2.45) is 0 Å². The van der Waals surface area contributed by atoms with Gasteiger partial charge in [0.1, 0.15) is 24.2 Å². The van der Waals surface area contributed by atoms with E-state index in [0.717, 1.165) is 30.0 Å². The molecule has 2 atom stereocenters. The first-order valence-electron chi connectivity index (χ1n) is 9.70. The number of benzene rings is 2. The van der Waals surface area contributed by atoms with Crippen LogP contribution >= 0.6 is 0 Å². The minimum Gasteiger partial charge on any atom is -0.490 e. The maximum absolute atomic E-state index is 10.8. The van der Waals surface area contributed by atoms with Gasteiger partial charge >= 0.3 is 5.97 Å². The third kappa shape index (κ3) is 4.64. The summed E-state index contributed by atoms with van der Waals surface area (Å²) in [6, 6.07) is 16.0. The number of carbonyl (C=O) groups is 1. The zero-order valence-electron chi connectivity index (χ0n) is 15.8. The number of aliphatic carboxylic acids is 1. The smallest absolute Gasteiger partial charge is 0.304 e. The molecular weight excluding hydrogens is 358 g/mol. The van der Waals surface area contributed by atoms with E-state index in [-0.39, 0.29) is 18.6 Å². The highest BCUT2D eigenvalue weighted by molar-refractivity contribution is 5.66. The largest absolute Gasteiger partial charge is 0.490 e. The summed E-state index contributed by atoms with van der Waals surface area (Å²) in [6.45, 7) is 3.16. The van der Waals surface area contributed by atoms with E-state index in [1.54, 1.807) is 0 Å². The molecule has 2 aliphatic rings. The summed E-state index contributed by atoms with van der Waals surface area (Å²) in [7, 11) is 0. The van der Waals surface area contributed by atoms with Crippen LogP contribution in [0.5, 0.6) is 11.5 Å². The van der Waals surface area contributed by atoms with Crippen LogP contribution in [0.1, 0.15) is 23.7 Å². The Hall–Kier alpha value is -2.57. The molecule has 2 heterocycles. The number of hydrogen-bond acceptors (Lipinski definition) is 5. The highest BCUT2D eigenvalue weighted by atomic mass is 16.5. The van der Waals surface area contributed by atoms with Gasteiger partial charge in [0.2, 0.25) is 0 Å². The molecule has 4 rings (SSSR count). The van der Waals surface area contributed by atoms with Gasteiger partial charge in [-0.25, -0.2) is 0 Å². The van der Waals surface area contributed by atoms with Crippen LogP contribution in [0.3, 0.4) is 0 Å². The maximum Gasteiger partial charge on any atom is 0.304 e. The number of nitrogens with zero attached hydrogens (tertiary/aromatic N) is 1. The zero-order valence-corrected chi connectivity index (χ0v) is 15.8. The fourth-order valence-electron chi connectivity index (χ4n) is 3.68. The van der Waals surface area contributed by atoms with E-state index in [1.165, 1.54) is 5.56 Å². The second-order valence-electron chi connectivity index (χ2n) is 7.24. The molecule has 0 amide bonds. The monoisotopic (exact) mass is 383 g/mol. The number of carboxylic acid groups (broad SMARTS) is 1. The molecule has 0 bridgehead atoms. The van der Waals surface area contributed by atoms with Crippen molar-refractivity contribution in [1.29, 1.82) is 0 Å². The molecular formula is C22H25NO5. The van der Waals surface area contributed by atoms with Gasteiger partial charge in [-0.05, 0) is 29.3 Å². The van der Waals surface area contributed by atoms with Crippen molar-refractivity contribution in [3.63, 3.8) is 0 Å². The van der Waals surface area contributed by atoms with Crippen molar-refractivity contribution in [3.05, 3.63) is 59.7 Å². The lowest BCUT2D eigenvalue weighted by molar-refractivity contribution is -0.137. The predicted molar refractivity (Wildman–Crippen MR) is 104 cm³/mol. The quantitative estimate of drug-likeness (QED) is 0.793. The van der Waals surface area contributed by atoms with Crippen LogP contribution in [0, 0.1) is 0 Å². The van der Waals surface area contributed by atoms with Crippen LogP contribution in [-0.2, 0) is 16.0 Å². The SMILES string of the molecule is O=C(O)CCN1CCOC(c2ccc(OCC3Cc4ccccc4O3)cc2)C1. The van der Waals surface area contributed by atoms with E-state index in [0.29, 0.717) is 26.3 Å². The molecule has 0 saturated carbocycles. The predicted octanol–water partition coefficient (Wildman–Crippen LogP) is 2.92. The summed E-state index contributed by atoms with van der Waals surface area (Å²) < 4.78 is 17.7. The Bertz CT molecular complexity index is 782. The fraction of sp³-hybridized carbons (Fsp3) is 0.409. The minimum absolute atomic E-state index is 0.0377. The molecule has 6 heteroatoms. The summed E-state index contributed by atoms with van der Waals surface area (Å²) in [5.41, 5.74) is 2.31. The Kier molecular flexibility index (Phi) is 5.78. The summed E-state index contributed by atoms with van der Waals surface area (Å²) >= 11 is 0. The molecule has 2 aromatic carbocycles. The second kappa shape index (κ2) is 8.63. The highest BCUT2D eigenvalue weighted by Crippen LogP contribution is 2.29. The van der Waals surface area contributed by atoms with Gasteiger partial charge in [0, 0.05) is 26.1 Å². The average Bonchev–Trinajstić information content (AvgIpc) is 3.14. The first-order valence-corrected chi connectivity index (χ1v) is 9.70. The van der Waals surface area contributed by atoms with Gasteiger partial charge in [-0.2, -0.15) is 0 Å². The lowest BCUT2D eigenvalue weighted by Gasteiger charge is -2.32. The lowest BCUT2D eigenvalue weighted by Crippen LogP contribution is -2.39. The second-order valence-corrected chi connectivity index (χ2v) is 7.24. The molecule has 2 aromatic rings. The third-order valence-electron chi connectivity index (χ3n) is 5.19. The van der Waals surface area contributed by atoms with E-state index < -0.39 is 5.97 Å². The van der Waals surface area contributed by atoms with Gasteiger partial charge in [0.15, 0.2) is 0 Å². The molecule has 0 radical (unpaired) electrons. The van der Waals surface area contributed by atoms with Gasteiger partial charge < -0.3 is 19.3 Å². The number of rotatable bonds is 7. The van der Waals surface area contributed by atoms with Crippen molar-refractivity contribution in [1.82, 2.24) is 4.90 Å². The van der Waals surface area contributed by atoms with Crippen LogP contribution in [0.2, 0.25) is 0 Å². The van der Waals surface area contributed by atoms with E-state index in [4.69, 9.17) is 19.3 Å². The van der Waals surface area contributed by atoms with Gasteiger partial charge in [0.05, 0.1) is 19.1 Å². The molecule has 2 unspecified atom stereocenters. The molecule has 2 aliphatic heterocycles. The van der Waals surface area contributed by atoms with E-state index in [9.17, 15) is 4.79 Å². The van der Waals surface area contributed by atoms with Gasteiger partial charge in [-0.15, -0.1) is 0 Å². The van der Waals surface area contributed by atoms with Crippen molar-refractivity contribution in [3.8, 4) is 11.5 Å². The topological polar surface area (TPSA) is 68.2 Å². The average molecular weight is 383 g/mol. The lowest BCUT2D eigenvalue weighted by atomic mass is 10.1. The Morgan fingerprint density at radius 3 is 2.79 bits per heavy atom. The fourth-order valence-corrected chi connectivity index (χ4v) is 3.68. The minimum atomic E-state index is -0.765. The van der Waals surface area contributed by atoms with Crippen molar-refractivity contribution >= 4 is 5.97 Å². The van der Waals surface area contributed by atoms with Crippen LogP contribution in [0.15, 0.2) is 48.5 Å². The molecule has 1 fully saturated rings. The molecule has 6 nitrogen and oxygen atoms in total.